The molecule has 2 aliphatic heterocycles. The van der Waals surface area contributed by atoms with Crippen LogP contribution in [-0.2, 0) is 23.8 Å². The third kappa shape index (κ3) is 7.02. The van der Waals surface area contributed by atoms with E-state index in [9.17, 15) is 14.4 Å². The summed E-state index contributed by atoms with van der Waals surface area (Å²) in [6.07, 6.45) is 0.0438. The van der Waals surface area contributed by atoms with E-state index in [2.05, 4.69) is 10.6 Å². The average molecular weight is 446 g/mol. The summed E-state index contributed by atoms with van der Waals surface area (Å²) in [6, 6.07) is -1.24. The van der Waals surface area contributed by atoms with E-state index in [4.69, 9.17) is 14.2 Å². The van der Waals surface area contributed by atoms with Gasteiger partial charge in [-0.05, 0) is 48.0 Å². The first-order chi connectivity index (χ1) is 13.7. The molecule has 0 aliphatic carbocycles. The van der Waals surface area contributed by atoms with Gasteiger partial charge in [0.15, 0.2) is 0 Å². The lowest BCUT2D eigenvalue weighted by molar-refractivity contribution is -0.142. The summed E-state index contributed by atoms with van der Waals surface area (Å²) in [7, 11) is 1.37. The van der Waals surface area contributed by atoms with E-state index in [1.165, 1.54) is 7.11 Å². The van der Waals surface area contributed by atoms with Crippen molar-refractivity contribution in [2.75, 3.05) is 32.6 Å². The maximum absolute atomic E-state index is 13.2. The molecule has 1 unspecified atom stereocenters. The molecule has 0 radical (unpaired) electrons. The quantitative estimate of drug-likeness (QED) is 0.614. The minimum absolute atomic E-state index is 0.0381. The average Bonchev–Trinajstić information content (AvgIpc) is 3.22. The molecular formula is C20H35N3O6S. The lowest BCUT2D eigenvalue weighted by Gasteiger charge is -2.30. The first kappa shape index (κ1) is 24.7. The van der Waals surface area contributed by atoms with Crippen molar-refractivity contribution in [2.24, 2.45) is 0 Å². The molecule has 2 heterocycles. The number of alkyl carbamates (subject to hydrolysis) is 1. The molecule has 10 heteroatoms. The van der Waals surface area contributed by atoms with Crippen LogP contribution < -0.4 is 10.6 Å². The van der Waals surface area contributed by atoms with E-state index >= 15 is 0 Å². The molecule has 172 valence electrons. The Bertz CT molecular complexity index is 660. The van der Waals surface area contributed by atoms with Crippen LogP contribution in [0, 0.1) is 0 Å². The van der Waals surface area contributed by atoms with E-state index in [-0.39, 0.29) is 29.4 Å². The molecule has 0 bridgehead atoms. The largest absolute Gasteiger partial charge is 0.468 e. The second kappa shape index (κ2) is 9.32. The van der Waals surface area contributed by atoms with Gasteiger partial charge in [0, 0.05) is 18.8 Å². The first-order valence-corrected chi connectivity index (χ1v) is 11.1. The van der Waals surface area contributed by atoms with E-state index in [1.54, 1.807) is 37.4 Å². The molecule has 2 fully saturated rings. The molecule has 2 aliphatic rings. The molecule has 2 N–H and O–H groups in total. The highest BCUT2D eigenvalue weighted by molar-refractivity contribution is 8.01. The third-order valence-corrected chi connectivity index (χ3v) is 6.17. The normalized spacial score (nSPS) is 25.3. The predicted octanol–water partition coefficient (Wildman–Crippen LogP) is 1.50. The second-order valence-corrected chi connectivity index (χ2v) is 11.1. The number of nitrogens with one attached hydrogen (secondary N) is 2. The number of carbonyl (C=O) groups excluding carboxylic acids is 3. The van der Waals surface area contributed by atoms with Gasteiger partial charge in [-0.2, -0.15) is 0 Å². The Morgan fingerprint density at radius 1 is 1.20 bits per heavy atom. The van der Waals surface area contributed by atoms with Gasteiger partial charge in [0.2, 0.25) is 5.91 Å². The SMILES string of the molecule is COC(=O)[C@@H]1CSC2(CCN(C(=O)[C@H](COC(C)(C)C)NC(=O)OC(C)(C)C)C2)N1. The number of nitrogens with zero attached hydrogens (tertiary/aromatic N) is 1. The highest BCUT2D eigenvalue weighted by atomic mass is 32.2. The Hall–Kier alpha value is -1.52. The minimum atomic E-state index is -0.864. The van der Waals surface area contributed by atoms with Crippen molar-refractivity contribution in [3.8, 4) is 0 Å². The van der Waals surface area contributed by atoms with Crippen LogP contribution in [0.2, 0.25) is 0 Å². The topological polar surface area (TPSA) is 106 Å². The van der Waals surface area contributed by atoms with Gasteiger partial charge in [0.05, 0.1) is 24.2 Å². The summed E-state index contributed by atoms with van der Waals surface area (Å²) in [6.45, 7) is 12.0. The standard InChI is InChI=1S/C20H35N3O6S/c1-18(2,3)28-10-13(21-17(26)29-19(4,5)6)15(24)23-9-8-20(12-23)22-14(11-30-20)16(25)27-7/h13-14,22H,8-12H2,1-7H3,(H,21,26)/t13-,14-,20?/m0/s1. The molecule has 0 aromatic rings. The maximum Gasteiger partial charge on any atom is 0.408 e. The Kier molecular flexibility index (Phi) is 7.68. The first-order valence-electron chi connectivity index (χ1n) is 10.2. The predicted molar refractivity (Wildman–Crippen MR) is 114 cm³/mol. The maximum atomic E-state index is 13.2. The van der Waals surface area contributed by atoms with Crippen LogP contribution in [0.5, 0.6) is 0 Å². The van der Waals surface area contributed by atoms with Crippen LogP contribution >= 0.6 is 11.8 Å². The van der Waals surface area contributed by atoms with E-state index in [0.29, 0.717) is 25.3 Å². The molecule has 0 aromatic carbocycles. The summed E-state index contributed by atoms with van der Waals surface area (Å²) < 4.78 is 15.9. The van der Waals surface area contributed by atoms with Crippen molar-refractivity contribution in [3.63, 3.8) is 0 Å². The van der Waals surface area contributed by atoms with Gasteiger partial charge < -0.3 is 24.4 Å². The molecule has 3 atom stereocenters. The fraction of sp³-hybridized carbons (Fsp3) is 0.850. The number of hydrogen-bond donors (Lipinski definition) is 2. The molecule has 9 nitrogen and oxygen atoms in total. The fourth-order valence-electron chi connectivity index (χ4n) is 3.30. The van der Waals surface area contributed by atoms with E-state index in [1.807, 2.05) is 20.8 Å². The van der Waals surface area contributed by atoms with Crippen molar-refractivity contribution >= 4 is 29.7 Å². The zero-order valence-electron chi connectivity index (χ0n) is 19.0. The Morgan fingerprint density at radius 3 is 2.43 bits per heavy atom. The summed E-state index contributed by atoms with van der Waals surface area (Å²) >= 11 is 1.63. The van der Waals surface area contributed by atoms with Crippen LogP contribution in [0.4, 0.5) is 4.79 Å². The number of amides is 2. The molecule has 0 saturated carbocycles. The van der Waals surface area contributed by atoms with Crippen LogP contribution in [0.15, 0.2) is 0 Å². The molecular weight excluding hydrogens is 410 g/mol. The lowest BCUT2D eigenvalue weighted by atomic mass is 10.2. The summed E-state index contributed by atoms with van der Waals surface area (Å²) in [5, 5.41) is 5.98. The van der Waals surface area contributed by atoms with E-state index < -0.39 is 23.3 Å². The number of ether oxygens (including phenoxy) is 3. The number of rotatable bonds is 5. The van der Waals surface area contributed by atoms with Crippen LogP contribution in [0.25, 0.3) is 0 Å². The van der Waals surface area contributed by atoms with Crippen LogP contribution in [0.1, 0.15) is 48.0 Å². The number of methoxy groups -OCH3 is 1. The molecule has 2 rings (SSSR count). The highest BCUT2D eigenvalue weighted by Crippen LogP contribution is 2.38. The summed E-state index contributed by atoms with van der Waals surface area (Å²) in [4.78, 5) is 38.7. The number of likely N-dealkylation sites (tertiary alicyclic amines) is 1. The highest BCUT2D eigenvalue weighted by Gasteiger charge is 2.48. The number of carbonyl (C=O) groups is 3. The van der Waals surface area contributed by atoms with E-state index in [0.717, 1.165) is 0 Å². The summed E-state index contributed by atoms with van der Waals surface area (Å²) in [5.41, 5.74) is -1.13. The van der Waals surface area contributed by atoms with Crippen LogP contribution in [-0.4, -0.2) is 83.6 Å². The zero-order valence-corrected chi connectivity index (χ0v) is 19.8. The summed E-state index contributed by atoms with van der Waals surface area (Å²) in [5.74, 6) is 0.0691. The molecule has 0 aromatic heterocycles. The molecule has 2 saturated heterocycles. The van der Waals surface area contributed by atoms with Gasteiger partial charge >= 0.3 is 12.1 Å². The van der Waals surface area contributed by atoms with Gasteiger partial charge in [-0.3, -0.25) is 14.9 Å². The Morgan fingerprint density at radius 2 is 1.87 bits per heavy atom. The van der Waals surface area contributed by atoms with Gasteiger partial charge in [-0.15, -0.1) is 11.8 Å². The monoisotopic (exact) mass is 445 g/mol. The number of hydrogen-bond acceptors (Lipinski definition) is 8. The van der Waals surface area contributed by atoms with Crippen molar-refractivity contribution in [1.82, 2.24) is 15.5 Å². The fourth-order valence-corrected chi connectivity index (χ4v) is 4.71. The van der Waals surface area contributed by atoms with Crippen LogP contribution in [0.3, 0.4) is 0 Å². The molecule has 2 amide bonds. The smallest absolute Gasteiger partial charge is 0.408 e. The van der Waals surface area contributed by atoms with Gasteiger partial charge in [0.25, 0.3) is 0 Å². The Balaban J connectivity index is 2.04. The van der Waals surface area contributed by atoms with Crippen molar-refractivity contribution in [2.45, 2.75) is 76.1 Å². The van der Waals surface area contributed by atoms with Gasteiger partial charge in [-0.1, -0.05) is 0 Å². The third-order valence-electron chi connectivity index (χ3n) is 4.66. The second-order valence-electron chi connectivity index (χ2n) is 9.66. The van der Waals surface area contributed by atoms with Crippen molar-refractivity contribution < 1.29 is 28.6 Å². The van der Waals surface area contributed by atoms with Crippen molar-refractivity contribution in [3.05, 3.63) is 0 Å². The number of thioether (sulfide) groups is 1. The number of esters is 1. The lowest BCUT2D eigenvalue weighted by Crippen LogP contribution is -2.53. The Labute approximate surface area is 182 Å². The molecule has 30 heavy (non-hydrogen) atoms. The van der Waals surface area contributed by atoms with Crippen molar-refractivity contribution in [1.29, 1.82) is 0 Å². The molecule has 1 spiro atoms. The zero-order chi connectivity index (χ0) is 22.7. The van der Waals surface area contributed by atoms with Gasteiger partial charge in [-0.25, -0.2) is 4.79 Å². The minimum Gasteiger partial charge on any atom is -0.468 e. The van der Waals surface area contributed by atoms with Gasteiger partial charge in [0.1, 0.15) is 17.7 Å².